The Kier molecular flexibility index (Phi) is 2.98. The molecule has 0 unspecified atom stereocenters. The summed E-state index contributed by atoms with van der Waals surface area (Å²) >= 11 is 0. The van der Waals surface area contributed by atoms with E-state index in [9.17, 15) is 9.90 Å². The van der Waals surface area contributed by atoms with Gasteiger partial charge in [0, 0.05) is 19.5 Å². The summed E-state index contributed by atoms with van der Waals surface area (Å²) in [4.78, 5) is 18.9. The highest BCUT2D eigenvalue weighted by Gasteiger charge is 2.35. The number of carbonyl (C=O) groups excluding carboxylic acids is 1. The first-order chi connectivity index (χ1) is 9.13. The van der Waals surface area contributed by atoms with Gasteiger partial charge < -0.3 is 14.8 Å². The van der Waals surface area contributed by atoms with Crippen molar-refractivity contribution in [3.05, 3.63) is 35.4 Å². The fourth-order valence-electron chi connectivity index (χ4n) is 2.27. The van der Waals surface area contributed by atoms with Gasteiger partial charge in [-0.1, -0.05) is 35.0 Å². The van der Waals surface area contributed by atoms with Crippen LogP contribution in [0.5, 0.6) is 0 Å². The second kappa shape index (κ2) is 4.66. The van der Waals surface area contributed by atoms with E-state index in [0.29, 0.717) is 25.2 Å². The first kappa shape index (κ1) is 12.2. The van der Waals surface area contributed by atoms with E-state index >= 15 is 0 Å². The summed E-state index contributed by atoms with van der Waals surface area (Å²) in [6.07, 6.45) is -0.0698. The number of aliphatic hydroxyl groups excluding tert-OH is 1. The fourth-order valence-corrected chi connectivity index (χ4v) is 2.27. The molecule has 0 aliphatic carbocycles. The van der Waals surface area contributed by atoms with Crippen molar-refractivity contribution in [1.29, 1.82) is 0 Å². The predicted molar refractivity (Wildman–Crippen MR) is 69.6 cm³/mol. The van der Waals surface area contributed by atoms with Crippen molar-refractivity contribution < 1.29 is 14.7 Å². The smallest absolute Gasteiger partial charge is 0.271 e. The molecular formula is C14H16N2O3. The van der Waals surface area contributed by atoms with Crippen molar-refractivity contribution in [2.75, 3.05) is 13.1 Å². The number of carbonyl (C=O) groups is 1. The highest BCUT2D eigenvalue weighted by Crippen LogP contribution is 2.28. The van der Waals surface area contributed by atoms with E-state index < -0.39 is 0 Å². The van der Waals surface area contributed by atoms with Gasteiger partial charge in [-0.05, 0) is 12.5 Å². The van der Waals surface area contributed by atoms with Crippen LogP contribution in [0.1, 0.15) is 23.7 Å². The molecule has 2 heterocycles. The molecular weight excluding hydrogens is 244 g/mol. The van der Waals surface area contributed by atoms with Crippen molar-refractivity contribution in [2.45, 2.75) is 25.6 Å². The van der Waals surface area contributed by atoms with Crippen LogP contribution in [0.25, 0.3) is 0 Å². The Morgan fingerprint density at radius 2 is 2.05 bits per heavy atom. The Bertz CT molecular complexity index is 518. The van der Waals surface area contributed by atoms with Crippen LogP contribution in [-0.4, -0.2) is 40.8 Å². The summed E-state index contributed by atoms with van der Waals surface area (Å²) in [7, 11) is 0. The molecule has 2 aliphatic rings. The second-order valence-electron chi connectivity index (χ2n) is 5.11. The Balaban J connectivity index is 1.63. The highest BCUT2D eigenvalue weighted by atomic mass is 16.6. The highest BCUT2D eigenvalue weighted by molar-refractivity contribution is 6.39. The van der Waals surface area contributed by atoms with Gasteiger partial charge in [-0.15, -0.1) is 0 Å². The lowest BCUT2D eigenvalue weighted by Gasteiger charge is -2.35. The molecule has 5 heteroatoms. The molecule has 0 bridgehead atoms. The second-order valence-corrected chi connectivity index (χ2v) is 5.11. The third-order valence-corrected chi connectivity index (χ3v) is 3.51. The van der Waals surface area contributed by atoms with Crippen molar-refractivity contribution in [2.24, 2.45) is 5.16 Å². The number of nitrogens with zero attached hydrogens (tertiary/aromatic N) is 2. The van der Waals surface area contributed by atoms with Gasteiger partial charge in [-0.2, -0.15) is 0 Å². The normalized spacial score (nSPS) is 22.7. The van der Waals surface area contributed by atoms with E-state index in [2.05, 4.69) is 5.16 Å². The summed E-state index contributed by atoms with van der Waals surface area (Å²) < 4.78 is 0. The van der Waals surface area contributed by atoms with E-state index in [1.54, 1.807) is 4.90 Å². The molecule has 19 heavy (non-hydrogen) atoms. The summed E-state index contributed by atoms with van der Waals surface area (Å²) in [5, 5.41) is 13.1. The molecule has 1 saturated heterocycles. The Labute approximate surface area is 111 Å². The molecule has 0 radical (unpaired) electrons. The molecule has 3 rings (SSSR count). The predicted octanol–water partition coefficient (Wildman–Crippen LogP) is 1.02. The number of rotatable bonds is 2. The quantitative estimate of drug-likeness (QED) is 0.863. The molecule has 100 valence electrons. The Morgan fingerprint density at radius 3 is 2.68 bits per heavy atom. The lowest BCUT2D eigenvalue weighted by molar-refractivity contribution is -0.133. The number of aryl methyl sites for hydroxylation is 1. The van der Waals surface area contributed by atoms with Crippen LogP contribution in [-0.2, 0) is 9.63 Å². The minimum atomic E-state index is -0.389. The van der Waals surface area contributed by atoms with E-state index in [1.807, 2.05) is 31.2 Å². The van der Waals surface area contributed by atoms with E-state index in [1.165, 1.54) is 5.56 Å². The van der Waals surface area contributed by atoms with Crippen LogP contribution >= 0.6 is 0 Å². The monoisotopic (exact) mass is 260 g/mol. The number of amides is 1. The first-order valence-corrected chi connectivity index (χ1v) is 6.40. The van der Waals surface area contributed by atoms with Crippen LogP contribution in [0.3, 0.4) is 0 Å². The minimum absolute atomic E-state index is 0.125. The minimum Gasteiger partial charge on any atom is -0.389 e. The maximum absolute atomic E-state index is 12.0. The molecule has 0 spiro atoms. The van der Waals surface area contributed by atoms with Crippen molar-refractivity contribution in [3.63, 3.8) is 0 Å². The van der Waals surface area contributed by atoms with Gasteiger partial charge in [0.1, 0.15) is 5.71 Å². The van der Waals surface area contributed by atoms with E-state index in [-0.39, 0.29) is 18.1 Å². The molecule has 1 aromatic rings. The fraction of sp³-hybridized carbons (Fsp3) is 0.429. The Morgan fingerprint density at radius 1 is 1.37 bits per heavy atom. The molecule has 1 atom stereocenters. The molecule has 0 aromatic heterocycles. The SMILES string of the molecule is Cc1ccc([C@@H]2CC(C(=O)N3CC(O)C3)=NO2)cc1. The Hall–Kier alpha value is -1.88. The number of β-amino-alcohol motifs (C(OH)–C–C–N with tert-alkyl or cyclic N) is 1. The first-order valence-electron chi connectivity index (χ1n) is 6.40. The topological polar surface area (TPSA) is 62.1 Å². The van der Waals surface area contributed by atoms with E-state index in [4.69, 9.17) is 4.84 Å². The maximum atomic E-state index is 12.0. The van der Waals surface area contributed by atoms with Gasteiger partial charge in [0.15, 0.2) is 6.10 Å². The largest absolute Gasteiger partial charge is 0.389 e. The van der Waals surface area contributed by atoms with Gasteiger partial charge in [-0.3, -0.25) is 4.79 Å². The zero-order valence-corrected chi connectivity index (χ0v) is 10.7. The number of aliphatic hydroxyl groups is 1. The summed E-state index contributed by atoms with van der Waals surface area (Å²) in [6.45, 7) is 2.82. The van der Waals surface area contributed by atoms with Crippen LogP contribution in [0.15, 0.2) is 29.4 Å². The van der Waals surface area contributed by atoms with Gasteiger partial charge in [0.25, 0.3) is 5.91 Å². The molecule has 5 nitrogen and oxygen atoms in total. The third-order valence-electron chi connectivity index (χ3n) is 3.51. The summed E-state index contributed by atoms with van der Waals surface area (Å²) in [5.41, 5.74) is 2.66. The molecule has 1 aromatic carbocycles. The van der Waals surface area contributed by atoms with Crippen LogP contribution in [0.4, 0.5) is 0 Å². The van der Waals surface area contributed by atoms with Gasteiger partial charge in [-0.25, -0.2) is 0 Å². The maximum Gasteiger partial charge on any atom is 0.271 e. The standard InChI is InChI=1S/C14H16N2O3/c1-9-2-4-10(5-3-9)13-6-12(15-19-13)14(18)16-7-11(17)8-16/h2-5,11,13,17H,6-8H2,1H3/t13-/m0/s1. The van der Waals surface area contributed by atoms with Crippen molar-refractivity contribution in [1.82, 2.24) is 4.90 Å². The zero-order valence-electron chi connectivity index (χ0n) is 10.7. The average molecular weight is 260 g/mol. The zero-order chi connectivity index (χ0) is 13.4. The van der Waals surface area contributed by atoms with Crippen LogP contribution in [0, 0.1) is 6.92 Å². The van der Waals surface area contributed by atoms with Gasteiger partial charge >= 0.3 is 0 Å². The summed E-state index contributed by atoms with van der Waals surface area (Å²) in [6, 6.07) is 8.03. The number of hydrogen-bond donors (Lipinski definition) is 1. The molecule has 1 amide bonds. The number of benzene rings is 1. The average Bonchev–Trinajstić information content (AvgIpc) is 2.85. The van der Waals surface area contributed by atoms with Crippen LogP contribution in [0.2, 0.25) is 0 Å². The van der Waals surface area contributed by atoms with Gasteiger partial charge in [0.2, 0.25) is 0 Å². The lowest BCUT2D eigenvalue weighted by Crippen LogP contribution is -2.55. The van der Waals surface area contributed by atoms with Crippen molar-refractivity contribution in [3.8, 4) is 0 Å². The van der Waals surface area contributed by atoms with Gasteiger partial charge in [0.05, 0.1) is 6.10 Å². The summed E-state index contributed by atoms with van der Waals surface area (Å²) in [5.74, 6) is -0.125. The lowest BCUT2D eigenvalue weighted by atomic mass is 10.0. The number of hydrogen-bond acceptors (Lipinski definition) is 4. The third kappa shape index (κ3) is 2.33. The van der Waals surface area contributed by atoms with Crippen molar-refractivity contribution >= 4 is 11.6 Å². The molecule has 1 N–H and O–H groups in total. The van der Waals surface area contributed by atoms with Crippen LogP contribution < -0.4 is 0 Å². The van der Waals surface area contributed by atoms with E-state index in [0.717, 1.165) is 5.56 Å². The molecule has 1 fully saturated rings. The number of likely N-dealkylation sites (tertiary alicyclic amines) is 1. The molecule has 2 aliphatic heterocycles. The molecule has 0 saturated carbocycles. The number of oxime groups is 1.